The Morgan fingerprint density at radius 2 is 2.06 bits per heavy atom. The van der Waals surface area contributed by atoms with Crippen molar-refractivity contribution in [1.29, 1.82) is 0 Å². The first-order chi connectivity index (χ1) is 16.0. The Morgan fingerprint density at radius 3 is 2.82 bits per heavy atom. The first-order valence-corrected chi connectivity index (χ1v) is 12.6. The molecule has 2 aliphatic heterocycles. The van der Waals surface area contributed by atoms with Crippen molar-refractivity contribution in [2.24, 2.45) is 11.1 Å². The van der Waals surface area contributed by atoms with Gasteiger partial charge in [-0.05, 0) is 31.9 Å². The molecule has 3 aromatic heterocycles. The molecule has 0 radical (unpaired) electrons. The van der Waals surface area contributed by atoms with E-state index in [1.54, 1.807) is 17.8 Å². The molecule has 0 saturated carbocycles. The Labute approximate surface area is 205 Å². The minimum Gasteiger partial charge on any atom is -0.376 e. The number of piperidine rings is 1. The topological polar surface area (TPSA) is 84.5 Å². The van der Waals surface area contributed by atoms with E-state index in [4.69, 9.17) is 38.7 Å². The standard InChI is InChI=1S/C23H24Cl2N6OS/c1-13-19(26)23(12-32-13)5-8-30(9-6-23)22-29-20-17(21-27-7-10-31(21)22)16(11-28-20)33-15-4-2-3-14(24)18(15)25/h2-4,7,10-11,13,19,28H,5-6,8-9,12,26H2,1H3/t13-,19+/m0/s1. The fourth-order valence-electron chi connectivity index (χ4n) is 5.11. The first kappa shape index (κ1) is 21.6. The summed E-state index contributed by atoms with van der Waals surface area (Å²) in [7, 11) is 0. The number of aromatic nitrogens is 4. The summed E-state index contributed by atoms with van der Waals surface area (Å²) in [5.74, 6) is 0.893. The lowest BCUT2D eigenvalue weighted by Crippen LogP contribution is -2.51. The van der Waals surface area contributed by atoms with Crippen molar-refractivity contribution in [3.8, 4) is 0 Å². The lowest BCUT2D eigenvalue weighted by Gasteiger charge is -2.41. The zero-order valence-corrected chi connectivity index (χ0v) is 20.4. The summed E-state index contributed by atoms with van der Waals surface area (Å²) in [6, 6.07) is 5.74. The molecule has 10 heteroatoms. The van der Waals surface area contributed by atoms with Gasteiger partial charge in [-0.1, -0.05) is 41.0 Å². The summed E-state index contributed by atoms with van der Waals surface area (Å²) in [6.45, 7) is 4.60. The second-order valence-electron chi connectivity index (χ2n) is 8.95. The maximum Gasteiger partial charge on any atom is 0.213 e. The number of imidazole rings is 1. The van der Waals surface area contributed by atoms with Crippen LogP contribution in [-0.2, 0) is 4.74 Å². The number of ether oxygens (including phenoxy) is 1. The largest absolute Gasteiger partial charge is 0.376 e. The molecule has 0 bridgehead atoms. The molecule has 0 aliphatic carbocycles. The van der Waals surface area contributed by atoms with Gasteiger partial charge >= 0.3 is 0 Å². The van der Waals surface area contributed by atoms with Crippen LogP contribution < -0.4 is 10.6 Å². The quantitative estimate of drug-likeness (QED) is 0.409. The number of nitrogens with two attached hydrogens (primary N) is 1. The predicted molar refractivity (Wildman–Crippen MR) is 133 cm³/mol. The van der Waals surface area contributed by atoms with E-state index >= 15 is 0 Å². The molecule has 2 aliphatic rings. The molecular formula is C23H24Cl2N6OS. The number of anilines is 1. The van der Waals surface area contributed by atoms with Crippen molar-refractivity contribution in [2.75, 3.05) is 24.6 Å². The molecule has 0 amide bonds. The number of nitrogens with zero attached hydrogens (tertiary/aromatic N) is 4. The van der Waals surface area contributed by atoms with Gasteiger partial charge in [0.1, 0.15) is 5.65 Å². The third kappa shape index (κ3) is 3.42. The number of nitrogens with one attached hydrogen (secondary N) is 1. The summed E-state index contributed by atoms with van der Waals surface area (Å²) < 4.78 is 7.96. The van der Waals surface area contributed by atoms with Crippen molar-refractivity contribution in [3.05, 3.63) is 46.8 Å². The van der Waals surface area contributed by atoms with Crippen LogP contribution in [0.2, 0.25) is 10.0 Å². The number of hydrogen-bond donors (Lipinski definition) is 2. The van der Waals surface area contributed by atoms with E-state index in [0.29, 0.717) is 10.0 Å². The maximum atomic E-state index is 6.51. The summed E-state index contributed by atoms with van der Waals surface area (Å²) in [4.78, 5) is 17.2. The normalized spacial score (nSPS) is 22.7. The fourth-order valence-corrected chi connectivity index (χ4v) is 6.58. The molecule has 7 nitrogen and oxygen atoms in total. The van der Waals surface area contributed by atoms with Gasteiger partial charge in [0.25, 0.3) is 0 Å². The zero-order chi connectivity index (χ0) is 22.7. The molecule has 33 heavy (non-hydrogen) atoms. The van der Waals surface area contributed by atoms with Crippen LogP contribution in [0.3, 0.4) is 0 Å². The Balaban J connectivity index is 1.35. The average molecular weight is 503 g/mol. The molecule has 1 aromatic carbocycles. The van der Waals surface area contributed by atoms with Crippen molar-refractivity contribution < 1.29 is 4.74 Å². The molecule has 5 heterocycles. The van der Waals surface area contributed by atoms with Gasteiger partial charge in [-0.3, -0.25) is 4.40 Å². The molecule has 2 saturated heterocycles. The molecule has 0 unspecified atom stereocenters. The van der Waals surface area contributed by atoms with E-state index in [9.17, 15) is 0 Å². The minimum absolute atomic E-state index is 0.0700. The molecule has 2 atom stereocenters. The van der Waals surface area contributed by atoms with E-state index in [1.165, 1.54) is 0 Å². The van der Waals surface area contributed by atoms with E-state index in [2.05, 4.69) is 26.2 Å². The van der Waals surface area contributed by atoms with Crippen molar-refractivity contribution >= 4 is 57.6 Å². The predicted octanol–water partition coefficient (Wildman–Crippen LogP) is 5.00. The molecule has 2 fully saturated rings. The number of benzene rings is 1. The lowest BCUT2D eigenvalue weighted by atomic mass is 9.73. The summed E-state index contributed by atoms with van der Waals surface area (Å²) >= 11 is 14.2. The SMILES string of the molecule is C[C@@H]1OCC2(CCN(c3nc4[nH]cc(Sc5cccc(Cl)c5Cl)c4c4nccn34)CC2)[C@@H]1N. The van der Waals surface area contributed by atoms with Crippen molar-refractivity contribution in [3.63, 3.8) is 0 Å². The van der Waals surface area contributed by atoms with Gasteiger partial charge < -0.3 is 20.4 Å². The van der Waals surface area contributed by atoms with Crippen LogP contribution in [0, 0.1) is 5.41 Å². The Bertz CT molecular complexity index is 1350. The monoisotopic (exact) mass is 502 g/mol. The highest BCUT2D eigenvalue weighted by molar-refractivity contribution is 7.99. The Morgan fingerprint density at radius 1 is 1.24 bits per heavy atom. The molecule has 1 spiro atoms. The minimum atomic E-state index is 0.0700. The Kier molecular flexibility index (Phi) is 5.27. The highest BCUT2D eigenvalue weighted by atomic mass is 35.5. The number of halogens is 2. The summed E-state index contributed by atoms with van der Waals surface area (Å²) in [5, 5.41) is 2.06. The third-order valence-electron chi connectivity index (χ3n) is 7.14. The highest BCUT2D eigenvalue weighted by Gasteiger charge is 2.47. The van der Waals surface area contributed by atoms with Gasteiger partial charge in [0.05, 0.1) is 28.1 Å². The van der Waals surface area contributed by atoms with Crippen molar-refractivity contribution in [1.82, 2.24) is 19.4 Å². The second kappa shape index (κ2) is 8.06. The number of H-pyrrole nitrogens is 1. The molecule has 6 rings (SSSR count). The molecular weight excluding hydrogens is 479 g/mol. The van der Waals surface area contributed by atoms with Gasteiger partial charge in [-0.15, -0.1) is 0 Å². The van der Waals surface area contributed by atoms with Gasteiger partial charge in [-0.2, -0.15) is 4.98 Å². The highest BCUT2D eigenvalue weighted by Crippen LogP contribution is 2.43. The molecule has 4 aromatic rings. The smallest absolute Gasteiger partial charge is 0.213 e. The van der Waals surface area contributed by atoms with E-state index in [-0.39, 0.29) is 17.6 Å². The van der Waals surface area contributed by atoms with Crippen LogP contribution in [0.4, 0.5) is 5.95 Å². The van der Waals surface area contributed by atoms with Gasteiger partial charge in [0.15, 0.2) is 5.65 Å². The van der Waals surface area contributed by atoms with Crippen LogP contribution in [0.5, 0.6) is 0 Å². The molecule has 172 valence electrons. The van der Waals surface area contributed by atoms with E-state index in [0.717, 1.165) is 65.0 Å². The fraction of sp³-hybridized carbons (Fsp3) is 0.391. The Hall–Kier alpha value is -1.97. The summed E-state index contributed by atoms with van der Waals surface area (Å²) in [6.07, 6.45) is 7.86. The number of hydrogen-bond acceptors (Lipinski definition) is 6. The van der Waals surface area contributed by atoms with Crippen LogP contribution in [-0.4, -0.2) is 51.2 Å². The van der Waals surface area contributed by atoms with E-state index in [1.807, 2.05) is 30.7 Å². The van der Waals surface area contributed by atoms with E-state index < -0.39 is 0 Å². The molecule has 3 N–H and O–H groups in total. The van der Waals surface area contributed by atoms with Crippen LogP contribution >= 0.6 is 35.0 Å². The lowest BCUT2D eigenvalue weighted by molar-refractivity contribution is 0.0973. The second-order valence-corrected chi connectivity index (χ2v) is 10.8. The number of rotatable bonds is 3. The zero-order valence-electron chi connectivity index (χ0n) is 18.1. The van der Waals surface area contributed by atoms with Crippen molar-refractivity contribution in [2.45, 2.75) is 41.7 Å². The van der Waals surface area contributed by atoms with Crippen LogP contribution in [0.1, 0.15) is 19.8 Å². The van der Waals surface area contributed by atoms with Crippen LogP contribution in [0.15, 0.2) is 46.6 Å². The van der Waals surface area contributed by atoms with Gasteiger partial charge in [0.2, 0.25) is 5.95 Å². The summed E-state index contributed by atoms with van der Waals surface area (Å²) in [5.41, 5.74) is 8.25. The van der Waals surface area contributed by atoms with Gasteiger partial charge in [0, 0.05) is 52.9 Å². The maximum absolute atomic E-state index is 6.51. The van der Waals surface area contributed by atoms with Crippen LogP contribution in [0.25, 0.3) is 16.7 Å². The first-order valence-electron chi connectivity index (χ1n) is 11.0. The van der Waals surface area contributed by atoms with Gasteiger partial charge in [-0.25, -0.2) is 4.98 Å². The average Bonchev–Trinajstić information content (AvgIpc) is 3.52. The third-order valence-corrected chi connectivity index (χ3v) is 9.17. The number of fused-ring (bicyclic) bond motifs is 3. The number of aromatic amines is 1.